The highest BCUT2D eigenvalue weighted by atomic mass is 16.3. The third kappa shape index (κ3) is 4.73. The van der Waals surface area contributed by atoms with Crippen molar-refractivity contribution in [2.24, 2.45) is 0 Å². The third-order valence-electron chi connectivity index (χ3n) is 9.99. The third-order valence-corrected chi connectivity index (χ3v) is 9.99. The first-order valence-electron chi connectivity index (χ1n) is 17.1. The topological polar surface area (TPSA) is 18.1 Å². The second kappa shape index (κ2) is 11.5. The second-order valence-electron chi connectivity index (χ2n) is 13.0. The lowest BCUT2D eigenvalue weighted by Gasteiger charge is -2.13. The number of hydrogen-bond donors (Lipinski definition) is 0. The zero-order valence-electron chi connectivity index (χ0n) is 27.3. The average Bonchev–Trinajstić information content (AvgIpc) is 3.74. The Labute approximate surface area is 290 Å². The van der Waals surface area contributed by atoms with Gasteiger partial charge < -0.3 is 8.98 Å². The molecule has 10 rings (SSSR count). The van der Waals surface area contributed by atoms with Crippen LogP contribution >= 0.6 is 0 Å². The molecule has 0 atom stereocenters. The number of hydrogen-bond acceptors (Lipinski definition) is 1. The van der Waals surface area contributed by atoms with Crippen LogP contribution in [0.15, 0.2) is 192 Å². The molecule has 0 aliphatic rings. The van der Waals surface area contributed by atoms with Crippen molar-refractivity contribution in [3.63, 3.8) is 0 Å². The van der Waals surface area contributed by atoms with Crippen molar-refractivity contribution in [3.8, 4) is 50.2 Å². The quantitative estimate of drug-likeness (QED) is 0.184. The molecule has 0 radical (unpaired) electrons. The molecule has 0 amide bonds. The lowest BCUT2D eigenvalue weighted by atomic mass is 9.92. The standard InChI is InChI=1S/C48H31NO/c1-2-11-32(12-3-1)37-28-38(30-39(29-37)36-23-26-44-43-17-6-9-20-47(43)50-48(44)31-36)35-14-10-13-34(27-35)33-21-24-40(25-22-33)49-45-18-7-4-15-41(45)42-16-5-8-19-46(42)49/h1-31H. The van der Waals surface area contributed by atoms with E-state index >= 15 is 0 Å². The fourth-order valence-corrected chi connectivity index (χ4v) is 7.55. The van der Waals surface area contributed by atoms with Crippen molar-refractivity contribution >= 4 is 43.7 Å². The predicted octanol–water partition coefficient (Wildman–Crippen LogP) is 13.4. The first-order valence-corrected chi connectivity index (χ1v) is 17.1. The number of rotatable bonds is 5. The van der Waals surface area contributed by atoms with Crippen LogP contribution in [0.4, 0.5) is 0 Å². The smallest absolute Gasteiger partial charge is 0.136 e. The maximum atomic E-state index is 6.28. The highest BCUT2D eigenvalue weighted by Gasteiger charge is 2.14. The van der Waals surface area contributed by atoms with Crippen molar-refractivity contribution < 1.29 is 4.42 Å². The molecule has 0 saturated heterocycles. The Bertz CT molecular complexity index is 2800. The fraction of sp³-hybridized carbons (Fsp3) is 0. The summed E-state index contributed by atoms with van der Waals surface area (Å²) in [6.07, 6.45) is 0. The maximum Gasteiger partial charge on any atom is 0.136 e. The van der Waals surface area contributed by atoms with E-state index < -0.39 is 0 Å². The maximum absolute atomic E-state index is 6.28. The molecule has 0 bridgehead atoms. The van der Waals surface area contributed by atoms with Gasteiger partial charge in [0.1, 0.15) is 11.2 Å². The van der Waals surface area contributed by atoms with Crippen molar-refractivity contribution in [2.75, 3.05) is 0 Å². The van der Waals surface area contributed by atoms with Crippen LogP contribution < -0.4 is 0 Å². The molecule has 0 N–H and O–H groups in total. The number of benzene rings is 8. The summed E-state index contributed by atoms with van der Waals surface area (Å²) in [5.74, 6) is 0. The summed E-state index contributed by atoms with van der Waals surface area (Å²) in [7, 11) is 0. The van der Waals surface area contributed by atoms with Gasteiger partial charge in [-0.25, -0.2) is 0 Å². The molecule has 0 aliphatic heterocycles. The van der Waals surface area contributed by atoms with E-state index in [9.17, 15) is 0 Å². The molecular formula is C48H31NO. The molecule has 2 nitrogen and oxygen atoms in total. The normalized spacial score (nSPS) is 11.6. The molecule has 0 fully saturated rings. The van der Waals surface area contributed by atoms with Gasteiger partial charge in [0.05, 0.1) is 11.0 Å². The van der Waals surface area contributed by atoms with Gasteiger partial charge in [0.15, 0.2) is 0 Å². The van der Waals surface area contributed by atoms with Gasteiger partial charge in [-0.15, -0.1) is 0 Å². The zero-order chi connectivity index (χ0) is 33.0. The molecule has 8 aromatic carbocycles. The van der Waals surface area contributed by atoms with Crippen LogP contribution in [-0.2, 0) is 0 Å². The molecule has 0 saturated carbocycles. The molecule has 10 aromatic rings. The second-order valence-corrected chi connectivity index (χ2v) is 13.0. The lowest BCUT2D eigenvalue weighted by molar-refractivity contribution is 0.669. The summed E-state index contributed by atoms with van der Waals surface area (Å²) in [5.41, 5.74) is 14.8. The molecule has 234 valence electrons. The zero-order valence-corrected chi connectivity index (χ0v) is 27.3. The number of nitrogens with zero attached hydrogens (tertiary/aromatic N) is 1. The summed E-state index contributed by atoms with van der Waals surface area (Å²) < 4.78 is 8.65. The van der Waals surface area contributed by atoms with E-state index in [2.05, 4.69) is 180 Å². The van der Waals surface area contributed by atoms with Gasteiger partial charge in [0.2, 0.25) is 0 Å². The lowest BCUT2D eigenvalue weighted by Crippen LogP contribution is -1.93. The van der Waals surface area contributed by atoms with Crippen molar-refractivity contribution in [2.45, 2.75) is 0 Å². The van der Waals surface area contributed by atoms with E-state index in [1.54, 1.807) is 0 Å². The van der Waals surface area contributed by atoms with E-state index in [0.717, 1.165) is 38.8 Å². The fourth-order valence-electron chi connectivity index (χ4n) is 7.55. The molecule has 2 heterocycles. The summed E-state index contributed by atoms with van der Waals surface area (Å²) in [5, 5.41) is 4.83. The molecule has 2 heteroatoms. The predicted molar refractivity (Wildman–Crippen MR) is 210 cm³/mol. The molecule has 2 aromatic heterocycles. The van der Waals surface area contributed by atoms with Gasteiger partial charge in [-0.05, 0) is 111 Å². The van der Waals surface area contributed by atoms with Crippen LogP contribution in [0.3, 0.4) is 0 Å². The van der Waals surface area contributed by atoms with E-state index in [1.807, 2.05) is 12.1 Å². The van der Waals surface area contributed by atoms with Gasteiger partial charge in [0, 0.05) is 27.2 Å². The van der Waals surface area contributed by atoms with Crippen LogP contribution in [0.1, 0.15) is 0 Å². The molecular weight excluding hydrogens is 607 g/mol. The Hall–Kier alpha value is -6.64. The summed E-state index contributed by atoms with van der Waals surface area (Å²) in [4.78, 5) is 0. The van der Waals surface area contributed by atoms with Crippen LogP contribution in [-0.4, -0.2) is 4.57 Å². The highest BCUT2D eigenvalue weighted by molar-refractivity contribution is 6.09. The number of para-hydroxylation sites is 3. The minimum atomic E-state index is 0.904. The Balaban J connectivity index is 1.06. The number of fused-ring (bicyclic) bond motifs is 6. The van der Waals surface area contributed by atoms with Crippen molar-refractivity contribution in [1.82, 2.24) is 4.57 Å². The van der Waals surface area contributed by atoms with E-state index in [0.29, 0.717) is 0 Å². The SMILES string of the molecule is c1ccc(-c2cc(-c3cccc(-c4ccc(-n5c6ccccc6c6ccccc65)cc4)c3)cc(-c3ccc4c(c3)oc3ccccc34)c2)cc1. The Kier molecular flexibility index (Phi) is 6.53. The minimum absolute atomic E-state index is 0.904. The molecule has 0 aliphatic carbocycles. The van der Waals surface area contributed by atoms with Gasteiger partial charge in [-0.2, -0.15) is 0 Å². The van der Waals surface area contributed by atoms with Gasteiger partial charge in [-0.1, -0.05) is 121 Å². The first-order chi connectivity index (χ1) is 24.8. The number of furan rings is 1. The summed E-state index contributed by atoms with van der Waals surface area (Å²) >= 11 is 0. The Morgan fingerprint density at radius 3 is 1.44 bits per heavy atom. The van der Waals surface area contributed by atoms with Gasteiger partial charge in [0.25, 0.3) is 0 Å². The highest BCUT2D eigenvalue weighted by Crippen LogP contribution is 2.38. The van der Waals surface area contributed by atoms with E-state index in [4.69, 9.17) is 4.42 Å². The monoisotopic (exact) mass is 637 g/mol. The van der Waals surface area contributed by atoms with Crippen molar-refractivity contribution in [3.05, 3.63) is 188 Å². The molecule has 0 spiro atoms. The van der Waals surface area contributed by atoms with Crippen LogP contribution in [0.2, 0.25) is 0 Å². The Morgan fingerprint density at radius 1 is 0.280 bits per heavy atom. The summed E-state index contributed by atoms with van der Waals surface area (Å²) in [6.45, 7) is 0. The minimum Gasteiger partial charge on any atom is -0.456 e. The van der Waals surface area contributed by atoms with Crippen LogP contribution in [0, 0.1) is 0 Å². The van der Waals surface area contributed by atoms with E-state index in [-0.39, 0.29) is 0 Å². The van der Waals surface area contributed by atoms with Crippen LogP contribution in [0.5, 0.6) is 0 Å². The largest absolute Gasteiger partial charge is 0.456 e. The first kappa shape index (κ1) is 28.4. The molecule has 0 unspecified atom stereocenters. The summed E-state index contributed by atoms with van der Waals surface area (Å²) in [6, 6.07) is 67.5. The van der Waals surface area contributed by atoms with Gasteiger partial charge in [-0.3, -0.25) is 0 Å². The number of aromatic nitrogens is 1. The van der Waals surface area contributed by atoms with E-state index in [1.165, 1.54) is 55.2 Å². The van der Waals surface area contributed by atoms with Crippen molar-refractivity contribution in [1.29, 1.82) is 0 Å². The Morgan fingerprint density at radius 2 is 0.740 bits per heavy atom. The van der Waals surface area contributed by atoms with Gasteiger partial charge >= 0.3 is 0 Å². The van der Waals surface area contributed by atoms with Crippen LogP contribution in [0.25, 0.3) is 93.9 Å². The average molecular weight is 638 g/mol. The molecule has 50 heavy (non-hydrogen) atoms.